The normalized spacial score (nSPS) is 11.1. The topological polar surface area (TPSA) is 61.6 Å². The molecule has 0 aliphatic rings. The summed E-state index contributed by atoms with van der Waals surface area (Å²) in [7, 11) is 6.00. The molecule has 20 heavy (non-hydrogen) atoms. The Hall–Kier alpha value is -1.30. The van der Waals surface area contributed by atoms with Crippen molar-refractivity contribution in [3.63, 3.8) is 0 Å². The number of hydrogen-bond donors (Lipinski definition) is 2. The van der Waals surface area contributed by atoms with Crippen LogP contribution in [0.5, 0.6) is 0 Å². The maximum atomic E-state index is 11.9. The molecule has 0 atom stereocenters. The summed E-state index contributed by atoms with van der Waals surface area (Å²) in [5.41, 5.74) is 6.80. The van der Waals surface area contributed by atoms with Crippen LogP contribution < -0.4 is 11.1 Å². The van der Waals surface area contributed by atoms with Crippen molar-refractivity contribution < 1.29 is 4.79 Å². The Balaban J connectivity index is 2.41. The SMILES string of the molecule is CN(C)CCCN(C)CC(=O)Nc1cc(N)ccc1Cl. The second-order valence-electron chi connectivity index (χ2n) is 5.18. The number of likely N-dealkylation sites (N-methyl/N-ethyl adjacent to an activating group) is 1. The van der Waals surface area contributed by atoms with Gasteiger partial charge in [-0.2, -0.15) is 0 Å². The first-order valence-electron chi connectivity index (χ1n) is 6.56. The summed E-state index contributed by atoms with van der Waals surface area (Å²) in [5.74, 6) is -0.0927. The van der Waals surface area contributed by atoms with Crippen LogP contribution in [-0.2, 0) is 4.79 Å². The monoisotopic (exact) mass is 298 g/mol. The molecule has 1 amide bonds. The quantitative estimate of drug-likeness (QED) is 0.753. The second kappa shape index (κ2) is 8.09. The van der Waals surface area contributed by atoms with Crippen molar-refractivity contribution in [2.24, 2.45) is 0 Å². The molecular weight excluding hydrogens is 276 g/mol. The summed E-state index contributed by atoms with van der Waals surface area (Å²) in [5, 5.41) is 3.27. The van der Waals surface area contributed by atoms with Crippen molar-refractivity contribution in [1.29, 1.82) is 0 Å². The molecule has 1 aromatic carbocycles. The van der Waals surface area contributed by atoms with Crippen LogP contribution in [0.2, 0.25) is 5.02 Å². The fraction of sp³-hybridized carbons (Fsp3) is 0.500. The molecule has 0 aliphatic carbocycles. The number of rotatable bonds is 7. The van der Waals surface area contributed by atoms with Gasteiger partial charge in [-0.1, -0.05) is 11.6 Å². The Morgan fingerprint density at radius 1 is 1.30 bits per heavy atom. The molecule has 1 aromatic rings. The Bertz CT molecular complexity index is 451. The number of hydrogen-bond acceptors (Lipinski definition) is 4. The summed E-state index contributed by atoms with van der Waals surface area (Å²) in [4.78, 5) is 16.0. The van der Waals surface area contributed by atoms with Gasteiger partial charge in [-0.3, -0.25) is 9.69 Å². The van der Waals surface area contributed by atoms with Gasteiger partial charge in [0.1, 0.15) is 0 Å². The molecule has 112 valence electrons. The first-order chi connectivity index (χ1) is 9.38. The maximum Gasteiger partial charge on any atom is 0.238 e. The third-order valence-corrected chi connectivity index (χ3v) is 3.15. The fourth-order valence-corrected chi connectivity index (χ4v) is 1.97. The Morgan fingerprint density at radius 3 is 2.65 bits per heavy atom. The number of anilines is 2. The minimum atomic E-state index is -0.0927. The van der Waals surface area contributed by atoms with E-state index in [9.17, 15) is 4.79 Å². The molecule has 6 heteroatoms. The number of halogens is 1. The lowest BCUT2D eigenvalue weighted by atomic mass is 10.3. The van der Waals surface area contributed by atoms with E-state index >= 15 is 0 Å². The number of amides is 1. The summed E-state index contributed by atoms with van der Waals surface area (Å²) in [6.45, 7) is 2.21. The van der Waals surface area contributed by atoms with Gasteiger partial charge in [0.15, 0.2) is 0 Å². The Kier molecular flexibility index (Phi) is 6.78. The van der Waals surface area contributed by atoms with Gasteiger partial charge in [0.05, 0.1) is 17.3 Å². The molecule has 0 saturated carbocycles. The molecule has 0 fully saturated rings. The Morgan fingerprint density at radius 2 is 2.00 bits per heavy atom. The molecular formula is C14H23ClN4O. The van der Waals surface area contributed by atoms with E-state index < -0.39 is 0 Å². The molecule has 0 saturated heterocycles. The van der Waals surface area contributed by atoms with Crippen LogP contribution in [0.1, 0.15) is 6.42 Å². The Labute approximate surface area is 125 Å². The number of carbonyl (C=O) groups excluding carboxylic acids is 1. The van der Waals surface area contributed by atoms with Gasteiger partial charge in [0, 0.05) is 5.69 Å². The largest absolute Gasteiger partial charge is 0.399 e. The van der Waals surface area contributed by atoms with Crippen molar-refractivity contribution in [2.75, 3.05) is 51.8 Å². The smallest absolute Gasteiger partial charge is 0.238 e. The van der Waals surface area contributed by atoms with Crippen LogP contribution in [0.4, 0.5) is 11.4 Å². The number of benzene rings is 1. The predicted molar refractivity (Wildman–Crippen MR) is 85.2 cm³/mol. The van der Waals surface area contributed by atoms with Crippen LogP contribution in [-0.4, -0.2) is 56.5 Å². The van der Waals surface area contributed by atoms with Crippen molar-refractivity contribution in [3.05, 3.63) is 23.2 Å². The highest BCUT2D eigenvalue weighted by Crippen LogP contribution is 2.23. The molecule has 0 heterocycles. The van der Waals surface area contributed by atoms with Crippen LogP contribution in [0.3, 0.4) is 0 Å². The van der Waals surface area contributed by atoms with Gasteiger partial charge in [-0.15, -0.1) is 0 Å². The minimum Gasteiger partial charge on any atom is -0.399 e. The van der Waals surface area contributed by atoms with Gasteiger partial charge in [0.2, 0.25) is 5.91 Å². The summed E-state index contributed by atoms with van der Waals surface area (Å²) >= 11 is 6.01. The number of nitrogen functional groups attached to an aromatic ring is 1. The first kappa shape index (κ1) is 16.8. The molecule has 0 aromatic heterocycles. The minimum absolute atomic E-state index is 0.0927. The van der Waals surface area contributed by atoms with E-state index in [2.05, 4.69) is 10.2 Å². The summed E-state index contributed by atoms with van der Waals surface area (Å²) in [6.07, 6.45) is 1.02. The van der Waals surface area contributed by atoms with E-state index in [-0.39, 0.29) is 5.91 Å². The van der Waals surface area contributed by atoms with Crippen molar-refractivity contribution in [3.8, 4) is 0 Å². The molecule has 0 bridgehead atoms. The summed E-state index contributed by atoms with van der Waals surface area (Å²) in [6, 6.07) is 5.03. The highest BCUT2D eigenvalue weighted by atomic mass is 35.5. The zero-order chi connectivity index (χ0) is 15.1. The predicted octanol–water partition coefficient (Wildman–Crippen LogP) is 1.74. The third kappa shape index (κ3) is 6.23. The van der Waals surface area contributed by atoms with E-state index in [1.807, 2.05) is 26.0 Å². The lowest BCUT2D eigenvalue weighted by Crippen LogP contribution is -2.32. The van der Waals surface area contributed by atoms with E-state index in [0.29, 0.717) is 22.9 Å². The molecule has 1 rings (SSSR count). The van der Waals surface area contributed by atoms with Crippen molar-refractivity contribution in [2.45, 2.75) is 6.42 Å². The maximum absolute atomic E-state index is 11.9. The van der Waals surface area contributed by atoms with Gasteiger partial charge in [0.25, 0.3) is 0 Å². The highest BCUT2D eigenvalue weighted by molar-refractivity contribution is 6.33. The van der Waals surface area contributed by atoms with Crippen LogP contribution in [0.25, 0.3) is 0 Å². The van der Waals surface area contributed by atoms with E-state index in [0.717, 1.165) is 19.5 Å². The summed E-state index contributed by atoms with van der Waals surface area (Å²) < 4.78 is 0. The van der Waals surface area contributed by atoms with Crippen LogP contribution >= 0.6 is 11.6 Å². The molecule has 0 aliphatic heterocycles. The lowest BCUT2D eigenvalue weighted by Gasteiger charge is -2.18. The van der Waals surface area contributed by atoms with Crippen molar-refractivity contribution in [1.82, 2.24) is 9.80 Å². The number of nitrogens with two attached hydrogens (primary N) is 1. The molecule has 3 N–H and O–H groups in total. The number of nitrogens with one attached hydrogen (secondary N) is 1. The molecule has 0 unspecified atom stereocenters. The zero-order valence-electron chi connectivity index (χ0n) is 12.3. The average Bonchev–Trinajstić information content (AvgIpc) is 2.33. The van der Waals surface area contributed by atoms with E-state index in [4.69, 9.17) is 17.3 Å². The highest BCUT2D eigenvalue weighted by Gasteiger charge is 2.09. The first-order valence-corrected chi connectivity index (χ1v) is 6.94. The van der Waals surface area contributed by atoms with Gasteiger partial charge in [-0.25, -0.2) is 0 Å². The molecule has 0 spiro atoms. The van der Waals surface area contributed by atoms with Gasteiger partial charge < -0.3 is 16.0 Å². The average molecular weight is 299 g/mol. The zero-order valence-corrected chi connectivity index (χ0v) is 13.1. The van der Waals surface area contributed by atoms with Crippen LogP contribution in [0.15, 0.2) is 18.2 Å². The third-order valence-electron chi connectivity index (χ3n) is 2.82. The van der Waals surface area contributed by atoms with E-state index in [1.165, 1.54) is 0 Å². The fourth-order valence-electron chi connectivity index (χ4n) is 1.81. The number of carbonyl (C=O) groups is 1. The molecule has 0 radical (unpaired) electrons. The van der Waals surface area contributed by atoms with Gasteiger partial charge in [-0.05, 0) is 58.9 Å². The van der Waals surface area contributed by atoms with Crippen LogP contribution in [0, 0.1) is 0 Å². The van der Waals surface area contributed by atoms with Gasteiger partial charge >= 0.3 is 0 Å². The number of nitrogens with zero attached hydrogens (tertiary/aromatic N) is 2. The lowest BCUT2D eigenvalue weighted by molar-refractivity contribution is -0.117. The second-order valence-corrected chi connectivity index (χ2v) is 5.59. The molecule has 5 nitrogen and oxygen atoms in total. The van der Waals surface area contributed by atoms with Crippen molar-refractivity contribution >= 4 is 28.9 Å². The van der Waals surface area contributed by atoms with E-state index in [1.54, 1.807) is 18.2 Å². The standard InChI is InChI=1S/C14H23ClN4O/c1-18(2)7-4-8-19(3)10-14(20)17-13-9-11(16)5-6-12(13)15/h5-6,9H,4,7-8,10,16H2,1-3H3,(H,17,20).